The van der Waals surface area contributed by atoms with E-state index in [0.717, 1.165) is 38.8 Å². The summed E-state index contributed by atoms with van der Waals surface area (Å²) < 4.78 is 16.6. The summed E-state index contributed by atoms with van der Waals surface area (Å²) in [6, 6.07) is -0.108. The predicted molar refractivity (Wildman–Crippen MR) is 70.8 cm³/mol. The summed E-state index contributed by atoms with van der Waals surface area (Å²) in [5, 5.41) is 0. The smallest absolute Gasteiger partial charge is 0.323 e. The number of ether oxygens (including phenoxy) is 3. The summed E-state index contributed by atoms with van der Waals surface area (Å²) >= 11 is 0. The number of nitrogens with zero attached hydrogens (tertiary/aromatic N) is 1. The maximum Gasteiger partial charge on any atom is 0.323 e. The van der Waals surface area contributed by atoms with E-state index < -0.39 is 0 Å². The normalized spacial score (nSPS) is 24.5. The first-order valence-corrected chi connectivity index (χ1v) is 7.39. The fourth-order valence-electron chi connectivity index (χ4n) is 2.92. The number of carbonyl (C=O) groups is 1. The summed E-state index contributed by atoms with van der Waals surface area (Å²) in [4.78, 5) is 14.2. The Morgan fingerprint density at radius 3 is 2.42 bits per heavy atom. The molecule has 0 aliphatic carbocycles. The minimum Gasteiger partial charge on any atom is -0.465 e. The van der Waals surface area contributed by atoms with Crippen LogP contribution in [0.3, 0.4) is 0 Å². The minimum absolute atomic E-state index is 0.0893. The van der Waals surface area contributed by atoms with Crippen LogP contribution in [-0.2, 0) is 19.0 Å². The number of hydrogen-bond donors (Lipinski definition) is 0. The molecule has 0 saturated carbocycles. The van der Waals surface area contributed by atoms with E-state index in [1.807, 2.05) is 6.92 Å². The van der Waals surface area contributed by atoms with Crippen molar-refractivity contribution < 1.29 is 19.0 Å². The lowest BCUT2D eigenvalue weighted by atomic mass is 10.00. The summed E-state index contributed by atoms with van der Waals surface area (Å²) in [6.07, 6.45) is 3.52. The molecule has 0 aromatic carbocycles. The van der Waals surface area contributed by atoms with Gasteiger partial charge in [-0.2, -0.15) is 0 Å². The Hall–Kier alpha value is -0.650. The van der Waals surface area contributed by atoms with Crippen molar-refractivity contribution in [3.8, 4) is 0 Å². The van der Waals surface area contributed by atoms with Gasteiger partial charge in [0.1, 0.15) is 6.04 Å². The van der Waals surface area contributed by atoms with Crippen molar-refractivity contribution in [2.45, 2.75) is 51.4 Å². The number of likely N-dealkylation sites (tertiary alicyclic amines) is 1. The lowest BCUT2D eigenvalue weighted by molar-refractivity contribution is -0.191. The van der Waals surface area contributed by atoms with Crippen molar-refractivity contribution in [1.82, 2.24) is 4.90 Å². The molecule has 5 heteroatoms. The maximum atomic E-state index is 12.0. The first-order chi connectivity index (χ1) is 9.21. The highest BCUT2D eigenvalue weighted by molar-refractivity contribution is 5.75. The SMILES string of the molecule is CCCC(C(=O)OCC)N1CCC2(CC1)OCCO2. The third-order valence-electron chi connectivity index (χ3n) is 3.93. The van der Waals surface area contributed by atoms with Crippen LogP contribution in [0.4, 0.5) is 0 Å². The standard InChI is InChI=1S/C14H25NO4/c1-3-5-12(13(16)17-4-2)15-8-6-14(7-9-15)18-10-11-19-14/h12H,3-11H2,1-2H3. The molecule has 2 aliphatic rings. The fourth-order valence-corrected chi connectivity index (χ4v) is 2.92. The summed E-state index contributed by atoms with van der Waals surface area (Å²) in [5.41, 5.74) is 0. The van der Waals surface area contributed by atoms with E-state index in [1.165, 1.54) is 0 Å². The van der Waals surface area contributed by atoms with Crippen LogP contribution in [0.15, 0.2) is 0 Å². The Morgan fingerprint density at radius 2 is 1.89 bits per heavy atom. The van der Waals surface area contributed by atoms with Gasteiger partial charge in [-0.05, 0) is 13.3 Å². The van der Waals surface area contributed by atoms with Crippen LogP contribution in [0.1, 0.15) is 39.5 Å². The molecule has 0 N–H and O–H groups in total. The Labute approximate surface area is 115 Å². The lowest BCUT2D eigenvalue weighted by Gasteiger charge is -2.40. The molecule has 0 aromatic heterocycles. The Morgan fingerprint density at radius 1 is 1.26 bits per heavy atom. The molecule has 0 aromatic rings. The van der Waals surface area contributed by atoms with Gasteiger partial charge in [0.25, 0.3) is 0 Å². The third kappa shape index (κ3) is 3.46. The highest BCUT2D eigenvalue weighted by Gasteiger charge is 2.42. The second kappa shape index (κ2) is 6.68. The van der Waals surface area contributed by atoms with Crippen LogP contribution in [-0.4, -0.2) is 55.6 Å². The molecule has 2 aliphatic heterocycles. The number of esters is 1. The zero-order valence-corrected chi connectivity index (χ0v) is 12.0. The van der Waals surface area contributed by atoms with E-state index >= 15 is 0 Å². The summed E-state index contributed by atoms with van der Waals surface area (Å²) in [5.74, 6) is -0.462. The molecule has 2 heterocycles. The number of hydrogen-bond acceptors (Lipinski definition) is 5. The van der Waals surface area contributed by atoms with Crippen molar-refractivity contribution >= 4 is 5.97 Å². The third-order valence-corrected chi connectivity index (χ3v) is 3.93. The fraction of sp³-hybridized carbons (Fsp3) is 0.929. The van der Waals surface area contributed by atoms with E-state index in [0.29, 0.717) is 19.8 Å². The first-order valence-electron chi connectivity index (χ1n) is 7.39. The Balaban J connectivity index is 1.91. The van der Waals surface area contributed by atoms with Gasteiger partial charge in [-0.25, -0.2) is 0 Å². The summed E-state index contributed by atoms with van der Waals surface area (Å²) in [6.45, 7) is 7.45. The average Bonchev–Trinajstić information content (AvgIpc) is 2.86. The topological polar surface area (TPSA) is 48.0 Å². The van der Waals surface area contributed by atoms with Crippen LogP contribution >= 0.6 is 0 Å². The highest BCUT2D eigenvalue weighted by atomic mass is 16.7. The molecule has 1 unspecified atom stereocenters. The van der Waals surface area contributed by atoms with E-state index in [2.05, 4.69) is 11.8 Å². The Bertz CT molecular complexity index is 292. The second-order valence-electron chi connectivity index (χ2n) is 5.20. The molecule has 2 rings (SSSR count). The average molecular weight is 271 g/mol. The molecule has 0 amide bonds. The van der Waals surface area contributed by atoms with Gasteiger partial charge in [0.05, 0.1) is 19.8 Å². The maximum absolute atomic E-state index is 12.0. The predicted octanol–water partition coefficient (Wildman–Crippen LogP) is 1.56. The second-order valence-corrected chi connectivity index (χ2v) is 5.20. The van der Waals surface area contributed by atoms with Gasteiger partial charge in [-0.15, -0.1) is 0 Å². The van der Waals surface area contributed by atoms with Gasteiger partial charge in [0.2, 0.25) is 0 Å². The van der Waals surface area contributed by atoms with E-state index in [9.17, 15) is 4.79 Å². The van der Waals surface area contributed by atoms with Gasteiger partial charge >= 0.3 is 5.97 Å². The van der Waals surface area contributed by atoms with Crippen molar-refractivity contribution in [2.75, 3.05) is 32.9 Å². The van der Waals surface area contributed by atoms with Crippen molar-refractivity contribution in [3.63, 3.8) is 0 Å². The van der Waals surface area contributed by atoms with E-state index in [4.69, 9.17) is 14.2 Å². The molecule has 0 radical (unpaired) electrons. The number of rotatable bonds is 5. The molecule has 2 saturated heterocycles. The van der Waals surface area contributed by atoms with Crippen LogP contribution in [0, 0.1) is 0 Å². The molecule has 5 nitrogen and oxygen atoms in total. The van der Waals surface area contributed by atoms with Crippen LogP contribution in [0.25, 0.3) is 0 Å². The van der Waals surface area contributed by atoms with Gasteiger partial charge in [-0.1, -0.05) is 13.3 Å². The van der Waals surface area contributed by atoms with Gasteiger partial charge in [0, 0.05) is 25.9 Å². The Kier molecular flexibility index (Phi) is 5.19. The number of piperidine rings is 1. The van der Waals surface area contributed by atoms with E-state index in [-0.39, 0.29) is 17.8 Å². The van der Waals surface area contributed by atoms with Crippen LogP contribution < -0.4 is 0 Å². The highest BCUT2D eigenvalue weighted by Crippen LogP contribution is 2.32. The van der Waals surface area contributed by atoms with Gasteiger partial charge < -0.3 is 14.2 Å². The quantitative estimate of drug-likeness (QED) is 0.710. The van der Waals surface area contributed by atoms with Crippen LogP contribution in [0.2, 0.25) is 0 Å². The minimum atomic E-state index is -0.373. The van der Waals surface area contributed by atoms with Gasteiger partial charge in [0.15, 0.2) is 5.79 Å². The molecular formula is C14H25NO4. The molecule has 19 heavy (non-hydrogen) atoms. The van der Waals surface area contributed by atoms with E-state index in [1.54, 1.807) is 0 Å². The monoisotopic (exact) mass is 271 g/mol. The van der Waals surface area contributed by atoms with Crippen molar-refractivity contribution in [3.05, 3.63) is 0 Å². The van der Waals surface area contributed by atoms with Crippen molar-refractivity contribution in [2.24, 2.45) is 0 Å². The zero-order valence-electron chi connectivity index (χ0n) is 12.0. The summed E-state index contributed by atoms with van der Waals surface area (Å²) in [7, 11) is 0. The molecule has 1 atom stereocenters. The molecule has 110 valence electrons. The number of carbonyl (C=O) groups excluding carboxylic acids is 1. The molecular weight excluding hydrogens is 246 g/mol. The molecule has 2 fully saturated rings. The van der Waals surface area contributed by atoms with Crippen LogP contribution in [0.5, 0.6) is 0 Å². The first kappa shape index (κ1) is 14.8. The van der Waals surface area contributed by atoms with Gasteiger partial charge in [-0.3, -0.25) is 9.69 Å². The molecule has 1 spiro atoms. The largest absolute Gasteiger partial charge is 0.465 e. The van der Waals surface area contributed by atoms with Crippen molar-refractivity contribution in [1.29, 1.82) is 0 Å². The zero-order chi connectivity index (χ0) is 13.7. The lowest BCUT2D eigenvalue weighted by Crippen LogP contribution is -2.51. The molecule has 0 bridgehead atoms.